The van der Waals surface area contributed by atoms with Crippen LogP contribution in [0.1, 0.15) is 17.3 Å². The highest BCUT2D eigenvalue weighted by Gasteiger charge is 2.10. The minimum absolute atomic E-state index is 0.235. The fourth-order valence-electron chi connectivity index (χ4n) is 1.73. The Morgan fingerprint density at radius 2 is 2.19 bits per heavy atom. The Kier molecular flexibility index (Phi) is 5.52. The van der Waals surface area contributed by atoms with Gasteiger partial charge in [-0.2, -0.15) is 5.10 Å². The molecule has 1 aromatic heterocycles. The van der Waals surface area contributed by atoms with Crippen molar-refractivity contribution in [2.45, 2.75) is 6.92 Å². The molecule has 1 aromatic carbocycles. The molecule has 0 bridgehead atoms. The number of carbonyl (C=O) groups excluding carboxylic acids is 1. The molecular formula is C14H16ClN3O2S. The topological polar surface area (TPSA) is 64.0 Å². The van der Waals surface area contributed by atoms with E-state index in [2.05, 4.69) is 10.4 Å². The van der Waals surface area contributed by atoms with Gasteiger partial charge >= 0.3 is 0 Å². The summed E-state index contributed by atoms with van der Waals surface area (Å²) in [7, 11) is -0.880. The van der Waals surface area contributed by atoms with Crippen LogP contribution in [0.25, 0.3) is 5.69 Å². The van der Waals surface area contributed by atoms with Crippen molar-refractivity contribution in [1.29, 1.82) is 0 Å². The zero-order valence-electron chi connectivity index (χ0n) is 11.6. The third-order valence-electron chi connectivity index (χ3n) is 2.88. The van der Waals surface area contributed by atoms with Crippen LogP contribution in [0.5, 0.6) is 0 Å². The van der Waals surface area contributed by atoms with Crippen LogP contribution >= 0.6 is 11.6 Å². The van der Waals surface area contributed by atoms with E-state index in [0.717, 1.165) is 0 Å². The number of nitrogens with one attached hydrogen (secondary N) is 1. The molecule has 0 saturated carbocycles. The maximum Gasteiger partial charge on any atom is 0.254 e. The van der Waals surface area contributed by atoms with Crippen molar-refractivity contribution in [2.24, 2.45) is 0 Å². The SMILES string of the molecule is CC[S@](=O)CCNC(=O)c1cnn(-c2ccccc2Cl)c1. The van der Waals surface area contributed by atoms with Gasteiger partial charge in [-0.1, -0.05) is 30.7 Å². The van der Waals surface area contributed by atoms with Crippen molar-refractivity contribution in [2.75, 3.05) is 18.1 Å². The molecule has 0 aliphatic rings. The molecule has 0 saturated heterocycles. The van der Waals surface area contributed by atoms with Gasteiger partial charge in [0.15, 0.2) is 0 Å². The van der Waals surface area contributed by atoms with Gasteiger partial charge in [0.2, 0.25) is 0 Å². The molecule has 21 heavy (non-hydrogen) atoms. The molecule has 1 heterocycles. The van der Waals surface area contributed by atoms with Gasteiger partial charge < -0.3 is 5.32 Å². The molecule has 112 valence electrons. The quantitative estimate of drug-likeness (QED) is 0.883. The molecular weight excluding hydrogens is 310 g/mol. The summed E-state index contributed by atoms with van der Waals surface area (Å²) in [6, 6.07) is 7.26. The largest absolute Gasteiger partial charge is 0.351 e. The summed E-state index contributed by atoms with van der Waals surface area (Å²) < 4.78 is 12.8. The number of halogens is 1. The van der Waals surface area contributed by atoms with Crippen molar-refractivity contribution in [1.82, 2.24) is 15.1 Å². The number of rotatable bonds is 6. The first-order chi connectivity index (χ1) is 10.1. The first-order valence-corrected chi connectivity index (χ1v) is 8.41. The fraction of sp³-hybridized carbons (Fsp3) is 0.286. The van der Waals surface area contributed by atoms with E-state index in [1.807, 2.05) is 25.1 Å². The zero-order chi connectivity index (χ0) is 15.2. The molecule has 0 aliphatic heterocycles. The number of carbonyl (C=O) groups is 1. The summed E-state index contributed by atoms with van der Waals surface area (Å²) >= 11 is 6.09. The van der Waals surface area contributed by atoms with E-state index in [1.54, 1.807) is 16.9 Å². The first-order valence-electron chi connectivity index (χ1n) is 6.54. The molecule has 0 spiro atoms. The highest BCUT2D eigenvalue weighted by molar-refractivity contribution is 7.84. The van der Waals surface area contributed by atoms with Gasteiger partial charge in [-0.15, -0.1) is 0 Å². The minimum atomic E-state index is -0.880. The van der Waals surface area contributed by atoms with Crippen molar-refractivity contribution < 1.29 is 9.00 Å². The summed E-state index contributed by atoms with van der Waals surface area (Å²) in [5.74, 6) is 0.822. The molecule has 1 N–H and O–H groups in total. The smallest absolute Gasteiger partial charge is 0.254 e. The van der Waals surface area contributed by atoms with E-state index in [1.165, 1.54) is 6.20 Å². The van der Waals surface area contributed by atoms with Crippen LogP contribution in [0.4, 0.5) is 0 Å². The highest BCUT2D eigenvalue weighted by atomic mass is 35.5. The molecule has 2 aromatic rings. The first kappa shape index (κ1) is 15.7. The lowest BCUT2D eigenvalue weighted by atomic mass is 10.3. The van der Waals surface area contributed by atoms with Crippen molar-refractivity contribution in [3.05, 3.63) is 47.2 Å². The van der Waals surface area contributed by atoms with Gasteiger partial charge in [0.05, 0.1) is 22.5 Å². The molecule has 0 radical (unpaired) electrons. The van der Waals surface area contributed by atoms with Gasteiger partial charge in [-0.3, -0.25) is 9.00 Å². The van der Waals surface area contributed by atoms with Gasteiger partial charge in [0.1, 0.15) is 0 Å². The Balaban J connectivity index is 2.01. The van der Waals surface area contributed by atoms with E-state index in [4.69, 9.17) is 11.6 Å². The Hall–Kier alpha value is -1.66. The summed E-state index contributed by atoms with van der Waals surface area (Å²) in [6.45, 7) is 2.24. The second-order valence-electron chi connectivity index (χ2n) is 4.31. The molecule has 1 atom stereocenters. The standard InChI is InChI=1S/C14H16ClN3O2S/c1-2-21(20)8-7-16-14(19)11-9-17-18(10-11)13-6-4-3-5-12(13)15/h3-6,9-10H,2,7-8H2,1H3,(H,16,19)/t21-/m0/s1. The van der Waals surface area contributed by atoms with Crippen LogP contribution in [0.2, 0.25) is 5.02 Å². The number of para-hydroxylation sites is 1. The number of hydrogen-bond acceptors (Lipinski definition) is 3. The van der Waals surface area contributed by atoms with Crippen LogP contribution in [-0.2, 0) is 10.8 Å². The van der Waals surface area contributed by atoms with Crippen LogP contribution in [0, 0.1) is 0 Å². The zero-order valence-corrected chi connectivity index (χ0v) is 13.2. The van der Waals surface area contributed by atoms with E-state index >= 15 is 0 Å². The summed E-state index contributed by atoms with van der Waals surface area (Å²) in [5, 5.41) is 7.43. The normalized spacial score (nSPS) is 12.1. The number of amides is 1. The lowest BCUT2D eigenvalue weighted by molar-refractivity contribution is 0.0956. The predicted octanol–water partition coefficient (Wildman–Crippen LogP) is 2.02. The third-order valence-corrected chi connectivity index (χ3v) is 4.50. The number of nitrogens with zero attached hydrogens (tertiary/aromatic N) is 2. The van der Waals surface area contributed by atoms with Gasteiger partial charge in [-0.05, 0) is 12.1 Å². The second kappa shape index (κ2) is 7.38. The van der Waals surface area contributed by atoms with Crippen LogP contribution in [0.15, 0.2) is 36.7 Å². The summed E-state index contributed by atoms with van der Waals surface area (Å²) in [5.41, 5.74) is 1.16. The Morgan fingerprint density at radius 1 is 1.43 bits per heavy atom. The Morgan fingerprint density at radius 3 is 2.90 bits per heavy atom. The van der Waals surface area contributed by atoms with Crippen molar-refractivity contribution >= 4 is 28.3 Å². The van der Waals surface area contributed by atoms with Crippen LogP contribution in [-0.4, -0.2) is 37.9 Å². The Bertz CT molecular complexity index is 657. The van der Waals surface area contributed by atoms with E-state index in [9.17, 15) is 9.00 Å². The lowest BCUT2D eigenvalue weighted by Gasteiger charge is -2.03. The van der Waals surface area contributed by atoms with Crippen LogP contribution in [0.3, 0.4) is 0 Å². The average molecular weight is 326 g/mol. The Labute approximate surface area is 130 Å². The minimum Gasteiger partial charge on any atom is -0.351 e. The van der Waals surface area contributed by atoms with Crippen molar-refractivity contribution in [3.8, 4) is 5.69 Å². The molecule has 0 aliphatic carbocycles. The van der Waals surface area contributed by atoms with Crippen molar-refractivity contribution in [3.63, 3.8) is 0 Å². The number of aromatic nitrogens is 2. The average Bonchev–Trinajstić information content (AvgIpc) is 2.97. The molecule has 2 rings (SSSR count). The second-order valence-corrected chi connectivity index (χ2v) is 6.59. The van der Waals surface area contributed by atoms with E-state index in [0.29, 0.717) is 34.3 Å². The monoisotopic (exact) mass is 325 g/mol. The maximum absolute atomic E-state index is 11.9. The lowest BCUT2D eigenvalue weighted by Crippen LogP contribution is -2.27. The van der Waals surface area contributed by atoms with Crippen LogP contribution < -0.4 is 5.32 Å². The molecule has 1 amide bonds. The summed E-state index contributed by atoms with van der Waals surface area (Å²) in [4.78, 5) is 11.9. The van der Waals surface area contributed by atoms with E-state index in [-0.39, 0.29) is 5.91 Å². The maximum atomic E-state index is 11.9. The van der Waals surface area contributed by atoms with E-state index < -0.39 is 10.8 Å². The number of benzene rings is 1. The highest BCUT2D eigenvalue weighted by Crippen LogP contribution is 2.19. The number of hydrogen-bond donors (Lipinski definition) is 1. The molecule has 5 nitrogen and oxygen atoms in total. The van der Waals surface area contributed by atoms with Gasteiger partial charge in [0.25, 0.3) is 5.91 Å². The third kappa shape index (κ3) is 4.15. The summed E-state index contributed by atoms with van der Waals surface area (Å²) in [6.07, 6.45) is 3.10. The predicted molar refractivity (Wildman–Crippen MR) is 84.5 cm³/mol. The van der Waals surface area contributed by atoms with Gasteiger partial charge in [0, 0.05) is 35.0 Å². The fourth-order valence-corrected chi connectivity index (χ4v) is 2.57. The molecule has 0 unspecified atom stereocenters. The van der Waals surface area contributed by atoms with Gasteiger partial charge in [-0.25, -0.2) is 4.68 Å². The molecule has 7 heteroatoms. The molecule has 0 fully saturated rings.